The molecule has 0 saturated carbocycles. The zero-order valence-corrected chi connectivity index (χ0v) is 9.29. The predicted molar refractivity (Wildman–Crippen MR) is 58.5 cm³/mol. The molecule has 1 aliphatic heterocycles. The van der Waals surface area contributed by atoms with Gasteiger partial charge in [0.25, 0.3) is 0 Å². The van der Waals surface area contributed by atoms with E-state index in [4.69, 9.17) is 0 Å². The lowest BCUT2D eigenvalue weighted by molar-refractivity contribution is 0.499. The molecule has 0 fully saturated rings. The van der Waals surface area contributed by atoms with Crippen LogP contribution < -0.4 is 0 Å². The predicted octanol–water partition coefficient (Wildman–Crippen LogP) is 3.12. The van der Waals surface area contributed by atoms with Gasteiger partial charge in [0.05, 0.1) is 0 Å². The van der Waals surface area contributed by atoms with E-state index < -0.39 is 0 Å². The molecule has 2 rings (SSSR count). The van der Waals surface area contributed by atoms with Crippen molar-refractivity contribution in [1.82, 2.24) is 9.55 Å². The molecular formula is C12H20N2. The van der Waals surface area contributed by atoms with Crippen molar-refractivity contribution in [2.24, 2.45) is 0 Å². The molecule has 0 aliphatic carbocycles. The van der Waals surface area contributed by atoms with Crippen molar-refractivity contribution < 1.29 is 0 Å². The average Bonchev–Trinajstić information content (AvgIpc) is 2.47. The van der Waals surface area contributed by atoms with E-state index in [1.54, 1.807) is 0 Å². The number of aryl methyl sites for hydroxylation is 1. The Kier molecular flexibility index (Phi) is 2.90. The van der Waals surface area contributed by atoms with Gasteiger partial charge in [-0.15, -0.1) is 0 Å². The quantitative estimate of drug-likeness (QED) is 0.668. The first-order chi connectivity index (χ1) is 6.79. The van der Waals surface area contributed by atoms with Crippen LogP contribution in [0, 0.1) is 0 Å². The molecule has 0 radical (unpaired) electrons. The summed E-state index contributed by atoms with van der Waals surface area (Å²) in [5, 5.41) is 0. The molecule has 0 unspecified atom stereocenters. The molecule has 2 heteroatoms. The Labute approximate surface area is 86.3 Å². The first-order valence-corrected chi connectivity index (χ1v) is 5.83. The molecule has 0 amide bonds. The third-order valence-corrected chi connectivity index (χ3v) is 3.09. The summed E-state index contributed by atoms with van der Waals surface area (Å²) in [4.78, 5) is 4.54. The molecule has 1 aromatic heterocycles. The van der Waals surface area contributed by atoms with Gasteiger partial charge < -0.3 is 4.57 Å². The molecule has 1 aromatic rings. The number of rotatable bonds is 1. The maximum Gasteiger partial charge on any atom is 0.108 e. The van der Waals surface area contributed by atoms with E-state index in [1.807, 2.05) is 0 Å². The fourth-order valence-electron chi connectivity index (χ4n) is 2.25. The molecule has 0 bridgehead atoms. The monoisotopic (exact) mass is 192 g/mol. The fraction of sp³-hybridized carbons (Fsp3) is 0.750. The number of imidazole rings is 1. The van der Waals surface area contributed by atoms with Crippen molar-refractivity contribution in [3.63, 3.8) is 0 Å². The highest BCUT2D eigenvalue weighted by Crippen LogP contribution is 2.20. The summed E-state index contributed by atoms with van der Waals surface area (Å²) in [6.45, 7) is 5.69. The van der Waals surface area contributed by atoms with Gasteiger partial charge in [-0.05, 0) is 18.8 Å². The molecule has 0 atom stereocenters. The van der Waals surface area contributed by atoms with Crippen molar-refractivity contribution in [3.8, 4) is 0 Å². The minimum atomic E-state index is 0.607. The molecular weight excluding hydrogens is 172 g/mol. The second kappa shape index (κ2) is 4.16. The van der Waals surface area contributed by atoms with Gasteiger partial charge in [0.15, 0.2) is 0 Å². The lowest BCUT2D eigenvalue weighted by Crippen LogP contribution is -2.11. The molecule has 0 spiro atoms. The van der Waals surface area contributed by atoms with Crippen molar-refractivity contribution >= 4 is 0 Å². The van der Waals surface area contributed by atoms with Gasteiger partial charge in [-0.1, -0.05) is 26.7 Å². The van der Waals surface area contributed by atoms with Crippen molar-refractivity contribution in [2.75, 3.05) is 0 Å². The number of aromatic nitrogens is 2. The Morgan fingerprint density at radius 3 is 2.79 bits per heavy atom. The SMILES string of the molecule is CC(C)c1cnc2n1CCCCCC2. The van der Waals surface area contributed by atoms with Gasteiger partial charge in [0.2, 0.25) is 0 Å². The van der Waals surface area contributed by atoms with E-state index >= 15 is 0 Å². The minimum absolute atomic E-state index is 0.607. The van der Waals surface area contributed by atoms with Crippen molar-refractivity contribution in [3.05, 3.63) is 17.7 Å². The van der Waals surface area contributed by atoms with Crippen LogP contribution in [0.25, 0.3) is 0 Å². The standard InChI is InChI=1S/C12H20N2/c1-10(2)11-9-13-12-7-5-3-4-6-8-14(11)12/h9-10H,3-8H2,1-2H3. The first kappa shape index (κ1) is 9.75. The summed E-state index contributed by atoms with van der Waals surface area (Å²) < 4.78 is 2.45. The topological polar surface area (TPSA) is 17.8 Å². The highest BCUT2D eigenvalue weighted by atomic mass is 15.1. The number of fused-ring (bicyclic) bond motifs is 1. The largest absolute Gasteiger partial charge is 0.332 e. The van der Waals surface area contributed by atoms with E-state index in [-0.39, 0.29) is 0 Å². The average molecular weight is 192 g/mol. The van der Waals surface area contributed by atoms with E-state index in [0.717, 1.165) is 0 Å². The van der Waals surface area contributed by atoms with Crippen molar-refractivity contribution in [2.45, 2.75) is 58.4 Å². The molecule has 2 heterocycles. The molecule has 0 N–H and O–H groups in total. The second-order valence-electron chi connectivity index (χ2n) is 4.57. The third-order valence-electron chi connectivity index (χ3n) is 3.09. The lowest BCUT2D eigenvalue weighted by atomic mass is 10.1. The molecule has 2 nitrogen and oxygen atoms in total. The minimum Gasteiger partial charge on any atom is -0.332 e. The van der Waals surface area contributed by atoms with E-state index in [2.05, 4.69) is 29.6 Å². The van der Waals surface area contributed by atoms with Gasteiger partial charge in [-0.3, -0.25) is 0 Å². The maximum absolute atomic E-state index is 4.54. The van der Waals surface area contributed by atoms with Crippen molar-refractivity contribution in [1.29, 1.82) is 0 Å². The van der Waals surface area contributed by atoms with Crippen LogP contribution in [0.3, 0.4) is 0 Å². The van der Waals surface area contributed by atoms with Gasteiger partial charge >= 0.3 is 0 Å². The Morgan fingerprint density at radius 2 is 2.00 bits per heavy atom. The summed E-state index contributed by atoms with van der Waals surface area (Å²) in [6, 6.07) is 0. The molecule has 0 aromatic carbocycles. The van der Waals surface area contributed by atoms with E-state index in [9.17, 15) is 0 Å². The molecule has 78 valence electrons. The van der Waals surface area contributed by atoms with E-state index in [0.29, 0.717) is 5.92 Å². The van der Waals surface area contributed by atoms with Crippen LogP contribution in [0.15, 0.2) is 6.20 Å². The summed E-state index contributed by atoms with van der Waals surface area (Å²) in [5.41, 5.74) is 1.42. The van der Waals surface area contributed by atoms with Crippen LogP contribution in [0.4, 0.5) is 0 Å². The Hall–Kier alpha value is -0.790. The van der Waals surface area contributed by atoms with Gasteiger partial charge in [0.1, 0.15) is 5.82 Å². The maximum atomic E-state index is 4.54. The smallest absolute Gasteiger partial charge is 0.108 e. The van der Waals surface area contributed by atoms with Gasteiger partial charge in [-0.2, -0.15) is 0 Å². The number of nitrogens with zero attached hydrogens (tertiary/aromatic N) is 2. The Balaban J connectivity index is 2.28. The van der Waals surface area contributed by atoms with Crippen LogP contribution in [0.5, 0.6) is 0 Å². The van der Waals surface area contributed by atoms with Crippen LogP contribution in [-0.2, 0) is 13.0 Å². The zero-order chi connectivity index (χ0) is 9.97. The van der Waals surface area contributed by atoms with Gasteiger partial charge in [-0.25, -0.2) is 4.98 Å². The van der Waals surface area contributed by atoms with E-state index in [1.165, 1.54) is 50.2 Å². The second-order valence-corrected chi connectivity index (χ2v) is 4.57. The normalized spacial score (nSPS) is 17.6. The molecule has 1 aliphatic rings. The third kappa shape index (κ3) is 1.84. The van der Waals surface area contributed by atoms with Crippen LogP contribution in [-0.4, -0.2) is 9.55 Å². The van der Waals surface area contributed by atoms with Crippen LogP contribution >= 0.6 is 0 Å². The Bertz CT molecular complexity index is 299. The van der Waals surface area contributed by atoms with Gasteiger partial charge in [0, 0.05) is 24.9 Å². The zero-order valence-electron chi connectivity index (χ0n) is 9.29. The highest BCUT2D eigenvalue weighted by molar-refractivity contribution is 5.10. The fourth-order valence-corrected chi connectivity index (χ4v) is 2.25. The first-order valence-electron chi connectivity index (χ1n) is 5.83. The highest BCUT2D eigenvalue weighted by Gasteiger charge is 2.13. The Morgan fingerprint density at radius 1 is 1.21 bits per heavy atom. The summed E-state index contributed by atoms with van der Waals surface area (Å²) >= 11 is 0. The number of hydrogen-bond acceptors (Lipinski definition) is 1. The van der Waals surface area contributed by atoms with Crippen LogP contribution in [0.2, 0.25) is 0 Å². The summed E-state index contributed by atoms with van der Waals surface area (Å²) in [5.74, 6) is 1.92. The molecule has 14 heavy (non-hydrogen) atoms. The lowest BCUT2D eigenvalue weighted by Gasteiger charge is -2.16. The number of hydrogen-bond donors (Lipinski definition) is 0. The molecule has 0 saturated heterocycles. The summed E-state index contributed by atoms with van der Waals surface area (Å²) in [7, 11) is 0. The summed E-state index contributed by atoms with van der Waals surface area (Å²) in [6.07, 6.45) is 8.65. The van der Waals surface area contributed by atoms with Crippen LogP contribution in [0.1, 0.15) is 57.0 Å².